The molecule has 0 heterocycles. The highest BCUT2D eigenvalue weighted by atomic mass is 19.4. The summed E-state index contributed by atoms with van der Waals surface area (Å²) in [7, 11) is 0. The molecule has 6 heteroatoms. The minimum atomic E-state index is -4.92. The van der Waals surface area contributed by atoms with Gasteiger partial charge < -0.3 is 5.11 Å². The Morgan fingerprint density at radius 2 is 1.93 bits per heavy atom. The lowest BCUT2D eigenvalue weighted by Gasteiger charge is -2.12. The van der Waals surface area contributed by atoms with Crippen LogP contribution in [0.5, 0.6) is 0 Å². The van der Waals surface area contributed by atoms with Gasteiger partial charge in [0.25, 0.3) is 0 Å². The van der Waals surface area contributed by atoms with E-state index in [0.717, 1.165) is 12.1 Å². The lowest BCUT2D eigenvalue weighted by Crippen LogP contribution is -2.13. The van der Waals surface area contributed by atoms with Gasteiger partial charge in [-0.25, -0.2) is 4.39 Å². The van der Waals surface area contributed by atoms with Crippen molar-refractivity contribution in [2.75, 3.05) is 0 Å². The molecule has 15 heavy (non-hydrogen) atoms. The first-order valence-corrected chi connectivity index (χ1v) is 3.81. The average Bonchev–Trinajstić information content (AvgIpc) is 2.15. The minimum absolute atomic E-state index is 0.584. The first-order valence-electron chi connectivity index (χ1n) is 3.81. The van der Waals surface area contributed by atoms with Crippen molar-refractivity contribution in [3.63, 3.8) is 0 Å². The smallest absolute Gasteiger partial charge is 0.392 e. The van der Waals surface area contributed by atoms with Crippen LogP contribution in [-0.4, -0.2) is 5.11 Å². The summed E-state index contributed by atoms with van der Waals surface area (Å²) in [5, 5.41) is 17.0. The number of rotatable bonds is 1. The van der Waals surface area contributed by atoms with Gasteiger partial charge in [-0.3, -0.25) is 0 Å². The maximum Gasteiger partial charge on any atom is 0.419 e. The molecule has 0 aliphatic heterocycles. The predicted octanol–water partition coefficient (Wildman–Crippen LogP) is 2.21. The van der Waals surface area contributed by atoms with Gasteiger partial charge in [0, 0.05) is 0 Å². The normalized spacial score (nSPS) is 11.2. The van der Waals surface area contributed by atoms with Crippen LogP contribution in [0.25, 0.3) is 0 Å². The van der Waals surface area contributed by atoms with E-state index < -0.39 is 35.3 Å². The van der Waals surface area contributed by atoms with E-state index in [2.05, 4.69) is 0 Å². The molecule has 0 saturated carbocycles. The van der Waals surface area contributed by atoms with Gasteiger partial charge in [0.1, 0.15) is 6.07 Å². The molecule has 0 fully saturated rings. The zero-order valence-corrected chi connectivity index (χ0v) is 7.27. The Hall–Kier alpha value is -1.61. The van der Waals surface area contributed by atoms with E-state index in [1.807, 2.05) is 0 Å². The van der Waals surface area contributed by atoms with Gasteiger partial charge in [-0.1, -0.05) is 6.07 Å². The molecular weight excluding hydrogens is 214 g/mol. The van der Waals surface area contributed by atoms with Gasteiger partial charge in [0.15, 0.2) is 5.82 Å². The third kappa shape index (κ3) is 2.07. The molecule has 0 spiro atoms. The van der Waals surface area contributed by atoms with E-state index in [1.54, 1.807) is 0 Å². The van der Waals surface area contributed by atoms with E-state index in [-0.39, 0.29) is 0 Å². The molecule has 0 aliphatic carbocycles. The zero-order valence-electron chi connectivity index (χ0n) is 7.27. The number of benzene rings is 1. The van der Waals surface area contributed by atoms with Crippen molar-refractivity contribution >= 4 is 0 Å². The van der Waals surface area contributed by atoms with Gasteiger partial charge in [-0.2, -0.15) is 18.4 Å². The Labute approximate surface area is 82.4 Å². The average molecular weight is 219 g/mol. The molecule has 0 amide bonds. The van der Waals surface area contributed by atoms with Gasteiger partial charge in [-0.05, 0) is 11.6 Å². The van der Waals surface area contributed by atoms with Crippen LogP contribution in [0.3, 0.4) is 0 Å². The molecule has 2 nitrogen and oxygen atoms in total. The van der Waals surface area contributed by atoms with Crippen LogP contribution in [0.2, 0.25) is 0 Å². The van der Waals surface area contributed by atoms with E-state index in [4.69, 9.17) is 10.4 Å². The lowest BCUT2D eigenvalue weighted by molar-refractivity contribution is -0.141. The van der Waals surface area contributed by atoms with Gasteiger partial charge in [0.05, 0.1) is 17.7 Å². The van der Waals surface area contributed by atoms with Gasteiger partial charge in [0.2, 0.25) is 0 Å². The third-order valence-electron chi connectivity index (χ3n) is 1.80. The number of nitrogens with zero attached hydrogens (tertiary/aromatic N) is 1. The number of aliphatic hydroxyl groups excluding tert-OH is 1. The summed E-state index contributed by atoms with van der Waals surface area (Å²) in [5.41, 5.74) is -2.86. The molecule has 1 aromatic carbocycles. The number of alkyl halides is 3. The van der Waals surface area contributed by atoms with Crippen molar-refractivity contribution < 1.29 is 22.7 Å². The Balaban J connectivity index is 3.52. The molecule has 0 aliphatic rings. The summed E-state index contributed by atoms with van der Waals surface area (Å²) >= 11 is 0. The quantitative estimate of drug-likeness (QED) is 0.736. The van der Waals surface area contributed by atoms with Crippen LogP contribution in [0.15, 0.2) is 12.1 Å². The molecular formula is C9H5F4NO. The molecule has 1 rings (SSSR count). The van der Waals surface area contributed by atoms with Crippen molar-refractivity contribution in [2.45, 2.75) is 12.8 Å². The van der Waals surface area contributed by atoms with Crippen LogP contribution in [0.4, 0.5) is 17.6 Å². The molecule has 0 bridgehead atoms. The number of halogens is 4. The van der Waals surface area contributed by atoms with Crippen LogP contribution >= 0.6 is 0 Å². The second-order valence-electron chi connectivity index (χ2n) is 2.73. The molecule has 1 aromatic rings. The van der Waals surface area contributed by atoms with Crippen LogP contribution < -0.4 is 0 Å². The second kappa shape index (κ2) is 3.87. The summed E-state index contributed by atoms with van der Waals surface area (Å²) < 4.78 is 50.2. The molecule has 1 N–H and O–H groups in total. The van der Waals surface area contributed by atoms with E-state index in [1.165, 1.54) is 6.07 Å². The first-order chi connectivity index (χ1) is 6.91. The highest BCUT2D eigenvalue weighted by molar-refractivity contribution is 5.41. The van der Waals surface area contributed by atoms with Crippen LogP contribution in [-0.2, 0) is 12.8 Å². The Morgan fingerprint density at radius 3 is 2.33 bits per heavy atom. The summed E-state index contributed by atoms with van der Waals surface area (Å²) in [5.74, 6) is -1.64. The monoisotopic (exact) mass is 219 g/mol. The molecule has 0 unspecified atom stereocenters. The Kier molecular flexibility index (Phi) is 2.95. The third-order valence-corrected chi connectivity index (χ3v) is 1.80. The molecule has 0 radical (unpaired) electrons. The molecule has 80 valence electrons. The van der Waals surface area contributed by atoms with Crippen molar-refractivity contribution in [3.05, 3.63) is 34.6 Å². The first kappa shape index (κ1) is 11.5. The predicted molar refractivity (Wildman–Crippen MR) is 42.0 cm³/mol. The standard InChI is InChI=1S/C9H5F4NO/c10-8-5(3-14)1-2-6(4-15)7(8)9(11,12)13/h1-2,15H,4H2. The van der Waals surface area contributed by atoms with Gasteiger partial charge >= 0.3 is 6.18 Å². The van der Waals surface area contributed by atoms with E-state index >= 15 is 0 Å². The second-order valence-corrected chi connectivity index (χ2v) is 2.73. The topological polar surface area (TPSA) is 44.0 Å². The van der Waals surface area contributed by atoms with Crippen LogP contribution in [0.1, 0.15) is 16.7 Å². The fourth-order valence-electron chi connectivity index (χ4n) is 1.14. The SMILES string of the molecule is N#Cc1ccc(CO)c(C(F)(F)F)c1F. The number of aliphatic hydroxyl groups is 1. The fourth-order valence-corrected chi connectivity index (χ4v) is 1.14. The molecule has 0 saturated heterocycles. The maximum atomic E-state index is 13.2. The summed E-state index contributed by atoms with van der Waals surface area (Å²) in [6, 6.07) is 3.08. The van der Waals surface area contributed by atoms with Gasteiger partial charge in [-0.15, -0.1) is 0 Å². The summed E-state index contributed by atoms with van der Waals surface area (Å²) in [4.78, 5) is 0. The highest BCUT2D eigenvalue weighted by Gasteiger charge is 2.37. The van der Waals surface area contributed by atoms with Crippen molar-refractivity contribution in [1.29, 1.82) is 5.26 Å². The Bertz CT molecular complexity index is 419. The highest BCUT2D eigenvalue weighted by Crippen LogP contribution is 2.35. The summed E-state index contributed by atoms with van der Waals surface area (Å²) in [6.45, 7) is -0.933. The van der Waals surface area contributed by atoms with Crippen molar-refractivity contribution in [2.24, 2.45) is 0 Å². The zero-order chi connectivity index (χ0) is 11.6. The van der Waals surface area contributed by atoms with E-state index in [9.17, 15) is 17.6 Å². The van der Waals surface area contributed by atoms with E-state index in [0.29, 0.717) is 0 Å². The lowest BCUT2D eigenvalue weighted by atomic mass is 10.0. The van der Waals surface area contributed by atoms with Crippen LogP contribution in [0, 0.1) is 17.1 Å². The summed E-state index contributed by atoms with van der Waals surface area (Å²) in [6.07, 6.45) is -4.92. The molecule has 0 atom stereocenters. The van der Waals surface area contributed by atoms with Crippen molar-refractivity contribution in [3.8, 4) is 6.07 Å². The fraction of sp³-hybridized carbons (Fsp3) is 0.222. The molecule has 0 aromatic heterocycles. The maximum absolute atomic E-state index is 13.2. The largest absolute Gasteiger partial charge is 0.419 e. The van der Waals surface area contributed by atoms with Crippen molar-refractivity contribution in [1.82, 2.24) is 0 Å². The number of hydrogen-bond acceptors (Lipinski definition) is 2. The minimum Gasteiger partial charge on any atom is -0.392 e. The Morgan fingerprint density at radius 1 is 1.33 bits per heavy atom. The number of hydrogen-bond donors (Lipinski definition) is 1. The number of nitriles is 1.